The molecule has 2 fully saturated rings. The fourth-order valence-electron chi connectivity index (χ4n) is 2.53. The van der Waals surface area contributed by atoms with Crippen molar-refractivity contribution in [2.24, 2.45) is 11.7 Å². The van der Waals surface area contributed by atoms with Crippen LogP contribution in [0.3, 0.4) is 0 Å². The van der Waals surface area contributed by atoms with Crippen LogP contribution in [-0.4, -0.2) is 32.0 Å². The standard InChI is InChI=1S/C12H23NO2/c1-14-12(6-8-15-9-7-12)11(13)5-4-10-2-3-10/h10-11H,2-9,13H2,1H3. The molecule has 1 unspecified atom stereocenters. The second-order valence-corrected chi connectivity index (χ2v) is 5.01. The summed E-state index contributed by atoms with van der Waals surface area (Å²) in [5.41, 5.74) is 6.19. The van der Waals surface area contributed by atoms with Gasteiger partial charge in [0, 0.05) is 39.2 Å². The Morgan fingerprint density at radius 1 is 1.40 bits per heavy atom. The summed E-state index contributed by atoms with van der Waals surface area (Å²) in [7, 11) is 1.79. The molecule has 1 heterocycles. The van der Waals surface area contributed by atoms with Crippen LogP contribution in [0.4, 0.5) is 0 Å². The molecule has 1 atom stereocenters. The predicted molar refractivity (Wildman–Crippen MR) is 59.7 cm³/mol. The Labute approximate surface area is 92.3 Å². The highest BCUT2D eigenvalue weighted by Crippen LogP contribution is 2.36. The van der Waals surface area contributed by atoms with Crippen molar-refractivity contribution in [3.63, 3.8) is 0 Å². The largest absolute Gasteiger partial charge is 0.381 e. The Morgan fingerprint density at radius 2 is 2.07 bits per heavy atom. The van der Waals surface area contributed by atoms with Gasteiger partial charge in [0.25, 0.3) is 0 Å². The minimum Gasteiger partial charge on any atom is -0.381 e. The fraction of sp³-hybridized carbons (Fsp3) is 1.00. The van der Waals surface area contributed by atoms with Crippen molar-refractivity contribution in [2.75, 3.05) is 20.3 Å². The summed E-state index contributed by atoms with van der Waals surface area (Å²) >= 11 is 0. The average Bonchev–Trinajstić information content (AvgIpc) is 3.10. The molecule has 0 aromatic carbocycles. The van der Waals surface area contributed by atoms with Crippen molar-refractivity contribution in [3.8, 4) is 0 Å². The van der Waals surface area contributed by atoms with E-state index in [4.69, 9.17) is 15.2 Å². The maximum atomic E-state index is 6.29. The number of rotatable bonds is 5. The molecule has 0 aromatic heterocycles. The van der Waals surface area contributed by atoms with Gasteiger partial charge < -0.3 is 15.2 Å². The first-order chi connectivity index (χ1) is 7.27. The predicted octanol–water partition coefficient (Wildman–Crippen LogP) is 1.70. The quantitative estimate of drug-likeness (QED) is 0.756. The highest BCUT2D eigenvalue weighted by molar-refractivity contribution is 4.93. The van der Waals surface area contributed by atoms with Gasteiger partial charge in [0.1, 0.15) is 0 Å². The molecule has 1 saturated heterocycles. The molecule has 2 aliphatic rings. The topological polar surface area (TPSA) is 44.5 Å². The van der Waals surface area contributed by atoms with Crippen molar-refractivity contribution < 1.29 is 9.47 Å². The van der Waals surface area contributed by atoms with Gasteiger partial charge in [-0.1, -0.05) is 12.8 Å². The van der Waals surface area contributed by atoms with E-state index in [1.54, 1.807) is 7.11 Å². The zero-order valence-electron chi connectivity index (χ0n) is 9.71. The molecule has 0 bridgehead atoms. The van der Waals surface area contributed by atoms with Crippen LogP contribution in [-0.2, 0) is 9.47 Å². The minimum atomic E-state index is -0.104. The minimum absolute atomic E-state index is 0.104. The maximum Gasteiger partial charge on any atom is 0.0872 e. The normalized spacial score (nSPS) is 27.6. The van der Waals surface area contributed by atoms with Gasteiger partial charge >= 0.3 is 0 Å². The molecular formula is C12H23NO2. The molecule has 3 nitrogen and oxygen atoms in total. The number of methoxy groups -OCH3 is 1. The van der Waals surface area contributed by atoms with Crippen LogP contribution in [0.15, 0.2) is 0 Å². The van der Waals surface area contributed by atoms with E-state index in [0.717, 1.165) is 38.4 Å². The Bertz CT molecular complexity index is 198. The summed E-state index contributed by atoms with van der Waals surface area (Å²) in [4.78, 5) is 0. The maximum absolute atomic E-state index is 6.29. The first kappa shape index (κ1) is 11.4. The van der Waals surface area contributed by atoms with E-state index in [1.165, 1.54) is 19.3 Å². The summed E-state index contributed by atoms with van der Waals surface area (Å²) < 4.78 is 11.1. The zero-order chi connectivity index (χ0) is 10.7. The van der Waals surface area contributed by atoms with E-state index in [9.17, 15) is 0 Å². The van der Waals surface area contributed by atoms with Gasteiger partial charge in [-0.2, -0.15) is 0 Å². The van der Waals surface area contributed by atoms with E-state index in [0.29, 0.717) is 0 Å². The zero-order valence-corrected chi connectivity index (χ0v) is 9.71. The number of nitrogens with two attached hydrogens (primary N) is 1. The molecule has 2 rings (SSSR count). The molecule has 2 N–H and O–H groups in total. The molecule has 3 heteroatoms. The van der Waals surface area contributed by atoms with Gasteiger partial charge in [-0.15, -0.1) is 0 Å². The van der Waals surface area contributed by atoms with Crippen molar-refractivity contribution in [1.29, 1.82) is 0 Å². The molecule has 1 aliphatic carbocycles. The van der Waals surface area contributed by atoms with Gasteiger partial charge in [-0.05, 0) is 18.8 Å². The van der Waals surface area contributed by atoms with Crippen molar-refractivity contribution in [1.82, 2.24) is 0 Å². The van der Waals surface area contributed by atoms with Crippen LogP contribution in [0.1, 0.15) is 38.5 Å². The molecule has 0 spiro atoms. The highest BCUT2D eigenvalue weighted by atomic mass is 16.5. The molecule has 88 valence electrons. The molecule has 0 radical (unpaired) electrons. The van der Waals surface area contributed by atoms with Gasteiger partial charge in [-0.3, -0.25) is 0 Å². The van der Waals surface area contributed by atoms with Crippen LogP contribution in [0, 0.1) is 5.92 Å². The van der Waals surface area contributed by atoms with E-state index in [-0.39, 0.29) is 11.6 Å². The molecule has 0 amide bonds. The lowest BCUT2D eigenvalue weighted by Gasteiger charge is -2.40. The summed E-state index contributed by atoms with van der Waals surface area (Å²) in [6.45, 7) is 1.59. The summed E-state index contributed by atoms with van der Waals surface area (Å²) in [5, 5.41) is 0. The van der Waals surface area contributed by atoms with Gasteiger partial charge in [0.2, 0.25) is 0 Å². The Morgan fingerprint density at radius 3 is 2.60 bits per heavy atom. The van der Waals surface area contributed by atoms with E-state index in [1.807, 2.05) is 0 Å². The van der Waals surface area contributed by atoms with Crippen molar-refractivity contribution in [2.45, 2.75) is 50.2 Å². The van der Waals surface area contributed by atoms with Crippen molar-refractivity contribution in [3.05, 3.63) is 0 Å². The number of hydrogen-bond donors (Lipinski definition) is 1. The fourth-order valence-corrected chi connectivity index (χ4v) is 2.53. The van der Waals surface area contributed by atoms with E-state index in [2.05, 4.69) is 0 Å². The first-order valence-corrected chi connectivity index (χ1v) is 6.15. The molecule has 1 aliphatic heterocycles. The van der Waals surface area contributed by atoms with Gasteiger partial charge in [-0.25, -0.2) is 0 Å². The summed E-state index contributed by atoms with van der Waals surface area (Å²) in [5.74, 6) is 0.963. The Balaban J connectivity index is 1.84. The monoisotopic (exact) mass is 213 g/mol. The Kier molecular flexibility index (Phi) is 3.65. The van der Waals surface area contributed by atoms with Crippen LogP contribution in [0.5, 0.6) is 0 Å². The second-order valence-electron chi connectivity index (χ2n) is 5.01. The summed E-state index contributed by atoms with van der Waals surface area (Å²) in [6.07, 6.45) is 7.13. The molecule has 1 saturated carbocycles. The first-order valence-electron chi connectivity index (χ1n) is 6.15. The highest BCUT2D eigenvalue weighted by Gasteiger charge is 2.39. The van der Waals surface area contributed by atoms with Crippen LogP contribution < -0.4 is 5.73 Å². The lowest BCUT2D eigenvalue weighted by Crippen LogP contribution is -2.52. The molecular weight excluding hydrogens is 190 g/mol. The SMILES string of the molecule is COC1(C(N)CCC2CC2)CCOCC1. The Hall–Kier alpha value is -0.120. The van der Waals surface area contributed by atoms with E-state index < -0.39 is 0 Å². The number of ether oxygens (including phenoxy) is 2. The molecule has 15 heavy (non-hydrogen) atoms. The number of hydrogen-bond acceptors (Lipinski definition) is 3. The van der Waals surface area contributed by atoms with Gasteiger partial charge in [0.15, 0.2) is 0 Å². The second kappa shape index (κ2) is 4.81. The van der Waals surface area contributed by atoms with Crippen LogP contribution >= 0.6 is 0 Å². The summed E-state index contributed by atoms with van der Waals surface area (Å²) in [6, 6.07) is 0.187. The average molecular weight is 213 g/mol. The smallest absolute Gasteiger partial charge is 0.0872 e. The lowest BCUT2D eigenvalue weighted by molar-refractivity contribution is -0.105. The van der Waals surface area contributed by atoms with Crippen LogP contribution in [0.2, 0.25) is 0 Å². The molecule has 0 aromatic rings. The van der Waals surface area contributed by atoms with Gasteiger partial charge in [0.05, 0.1) is 5.60 Å². The third-order valence-corrected chi connectivity index (χ3v) is 4.00. The van der Waals surface area contributed by atoms with E-state index >= 15 is 0 Å². The third kappa shape index (κ3) is 2.71. The van der Waals surface area contributed by atoms with Crippen molar-refractivity contribution >= 4 is 0 Å². The third-order valence-electron chi connectivity index (χ3n) is 4.00. The van der Waals surface area contributed by atoms with Crippen LogP contribution in [0.25, 0.3) is 0 Å². The lowest BCUT2D eigenvalue weighted by atomic mass is 9.84.